The Kier molecular flexibility index (Phi) is 4.33. The Bertz CT molecular complexity index is 908. The minimum absolute atomic E-state index is 0.0765. The molecule has 2 aromatic heterocycles. The van der Waals surface area contributed by atoms with Gasteiger partial charge in [-0.15, -0.1) is 11.3 Å². The fraction of sp³-hybridized carbons (Fsp3) is 0.533. The molecule has 0 aliphatic carbocycles. The van der Waals surface area contributed by atoms with Gasteiger partial charge in [-0.1, -0.05) is 0 Å². The molecule has 8 nitrogen and oxygen atoms in total. The summed E-state index contributed by atoms with van der Waals surface area (Å²) in [6, 6.07) is 0. The van der Waals surface area contributed by atoms with E-state index in [1.807, 2.05) is 13.8 Å². The number of hydrogen-bond acceptors (Lipinski definition) is 6. The average Bonchev–Trinajstić information content (AvgIpc) is 2.85. The number of carbonyl (C=O) groups is 1. The van der Waals surface area contributed by atoms with Crippen LogP contribution in [0.5, 0.6) is 0 Å². The van der Waals surface area contributed by atoms with E-state index >= 15 is 0 Å². The number of aliphatic hydroxyl groups is 1. The monoisotopic (exact) mass is 353 g/mol. The first-order valence-electron chi connectivity index (χ1n) is 7.61. The Morgan fingerprint density at radius 3 is 2.92 bits per heavy atom. The van der Waals surface area contributed by atoms with Crippen LogP contribution in [0, 0.1) is 0 Å². The molecule has 1 aliphatic rings. The maximum Gasteiger partial charge on any atom is 0.329 e. The van der Waals surface area contributed by atoms with E-state index in [1.54, 1.807) is 0 Å². The predicted molar refractivity (Wildman–Crippen MR) is 89.4 cm³/mol. The zero-order valence-electron chi connectivity index (χ0n) is 13.5. The number of hydrogen-bond donors (Lipinski definition) is 3. The van der Waals surface area contributed by atoms with Gasteiger partial charge in [-0.05, 0) is 19.4 Å². The van der Waals surface area contributed by atoms with Gasteiger partial charge in [0, 0.05) is 17.8 Å². The summed E-state index contributed by atoms with van der Waals surface area (Å²) in [6.07, 6.45) is 0.570. The van der Waals surface area contributed by atoms with Crippen molar-refractivity contribution >= 4 is 27.5 Å². The van der Waals surface area contributed by atoms with Gasteiger partial charge in [0.05, 0.1) is 24.2 Å². The van der Waals surface area contributed by atoms with E-state index in [0.29, 0.717) is 23.2 Å². The highest BCUT2D eigenvalue weighted by Gasteiger charge is 2.31. The molecular weight excluding hydrogens is 334 g/mol. The van der Waals surface area contributed by atoms with Crippen LogP contribution in [0.1, 0.15) is 24.3 Å². The van der Waals surface area contributed by atoms with Crippen LogP contribution in [-0.4, -0.2) is 39.3 Å². The third-order valence-electron chi connectivity index (χ3n) is 3.95. The van der Waals surface area contributed by atoms with Crippen molar-refractivity contribution in [3.63, 3.8) is 0 Å². The van der Waals surface area contributed by atoms with E-state index in [2.05, 4.69) is 10.3 Å². The van der Waals surface area contributed by atoms with E-state index in [4.69, 9.17) is 9.84 Å². The van der Waals surface area contributed by atoms with Crippen molar-refractivity contribution in [1.82, 2.24) is 14.9 Å². The molecule has 0 atom stereocenters. The van der Waals surface area contributed by atoms with Gasteiger partial charge in [0.1, 0.15) is 11.4 Å². The Hall–Kier alpha value is -1.97. The molecule has 0 fully saturated rings. The number of carbonyl (C=O) groups excluding carboxylic acids is 1. The van der Waals surface area contributed by atoms with Gasteiger partial charge in [0.25, 0.3) is 5.56 Å². The topological polar surface area (TPSA) is 113 Å². The summed E-state index contributed by atoms with van der Waals surface area (Å²) in [6.45, 7) is 3.79. The van der Waals surface area contributed by atoms with Crippen molar-refractivity contribution < 1.29 is 14.6 Å². The summed E-state index contributed by atoms with van der Waals surface area (Å²) in [7, 11) is 0. The second kappa shape index (κ2) is 6.15. The molecule has 130 valence electrons. The van der Waals surface area contributed by atoms with Gasteiger partial charge < -0.3 is 15.2 Å². The van der Waals surface area contributed by atoms with Gasteiger partial charge in [-0.3, -0.25) is 19.1 Å². The minimum atomic E-state index is -0.620. The number of aliphatic hydroxyl groups excluding tert-OH is 1. The largest absolute Gasteiger partial charge is 0.395 e. The number of nitrogens with zero attached hydrogens (tertiary/aromatic N) is 1. The first kappa shape index (κ1) is 16.9. The molecule has 0 spiro atoms. The van der Waals surface area contributed by atoms with Crippen molar-refractivity contribution in [1.29, 1.82) is 0 Å². The van der Waals surface area contributed by atoms with Crippen LogP contribution in [-0.2, 0) is 29.1 Å². The SMILES string of the molecule is CC1(C)Cc2c(sc3[nH]c(=O)n(CC(=O)NCCO)c(=O)c23)CO1. The molecule has 2 aromatic rings. The highest BCUT2D eigenvalue weighted by molar-refractivity contribution is 7.18. The third-order valence-corrected chi connectivity index (χ3v) is 5.07. The van der Waals surface area contributed by atoms with Gasteiger partial charge in [-0.2, -0.15) is 0 Å². The molecule has 24 heavy (non-hydrogen) atoms. The molecule has 1 amide bonds. The summed E-state index contributed by atoms with van der Waals surface area (Å²) in [5.41, 5.74) is -0.585. The highest BCUT2D eigenvalue weighted by atomic mass is 32.1. The first-order chi connectivity index (χ1) is 11.3. The summed E-state index contributed by atoms with van der Waals surface area (Å²) in [4.78, 5) is 40.9. The highest BCUT2D eigenvalue weighted by Crippen LogP contribution is 2.36. The molecule has 0 bridgehead atoms. The molecule has 0 saturated carbocycles. The summed E-state index contributed by atoms with van der Waals surface area (Å²) in [5.74, 6) is -0.497. The summed E-state index contributed by atoms with van der Waals surface area (Å²) < 4.78 is 6.65. The zero-order valence-corrected chi connectivity index (χ0v) is 14.3. The van der Waals surface area contributed by atoms with E-state index in [0.717, 1.165) is 15.0 Å². The van der Waals surface area contributed by atoms with Crippen LogP contribution < -0.4 is 16.6 Å². The van der Waals surface area contributed by atoms with E-state index in [9.17, 15) is 14.4 Å². The standard InChI is InChI=1S/C15H19N3O5S/c1-15(2)5-8-9(7-23-15)24-12-11(8)13(21)18(14(22)17-12)6-10(20)16-3-4-19/h19H,3-7H2,1-2H3,(H,16,20)(H,17,22). The number of H-pyrrole nitrogens is 1. The molecule has 0 radical (unpaired) electrons. The number of thiophene rings is 1. The molecule has 9 heteroatoms. The van der Waals surface area contributed by atoms with Crippen LogP contribution >= 0.6 is 11.3 Å². The number of aromatic amines is 1. The molecule has 1 aliphatic heterocycles. The van der Waals surface area contributed by atoms with Crippen LogP contribution in [0.3, 0.4) is 0 Å². The Balaban J connectivity index is 2.08. The lowest BCUT2D eigenvalue weighted by atomic mass is 9.94. The fourth-order valence-corrected chi connectivity index (χ4v) is 3.91. The minimum Gasteiger partial charge on any atom is -0.395 e. The molecule has 3 heterocycles. The summed E-state index contributed by atoms with van der Waals surface area (Å²) in [5, 5.41) is 11.6. The van der Waals surface area contributed by atoms with Gasteiger partial charge in [-0.25, -0.2) is 4.79 Å². The van der Waals surface area contributed by atoms with Gasteiger partial charge in [0.2, 0.25) is 5.91 Å². The number of nitrogens with one attached hydrogen (secondary N) is 2. The molecule has 0 unspecified atom stereocenters. The molecule has 0 aromatic carbocycles. The Morgan fingerprint density at radius 1 is 1.46 bits per heavy atom. The zero-order chi connectivity index (χ0) is 17.5. The van der Waals surface area contributed by atoms with E-state index in [1.165, 1.54) is 11.3 Å². The number of ether oxygens (including phenoxy) is 1. The second-order valence-electron chi connectivity index (χ2n) is 6.33. The van der Waals surface area contributed by atoms with Crippen LogP contribution in [0.15, 0.2) is 9.59 Å². The molecule has 3 rings (SSSR count). The lowest BCUT2D eigenvalue weighted by Gasteiger charge is -2.29. The van der Waals surface area contributed by atoms with Crippen molar-refractivity contribution in [3.05, 3.63) is 31.3 Å². The van der Waals surface area contributed by atoms with Gasteiger partial charge >= 0.3 is 5.69 Å². The number of rotatable bonds is 4. The lowest BCUT2D eigenvalue weighted by Crippen LogP contribution is -2.41. The van der Waals surface area contributed by atoms with E-state index in [-0.39, 0.29) is 25.3 Å². The maximum absolute atomic E-state index is 12.8. The third kappa shape index (κ3) is 3.02. The van der Waals surface area contributed by atoms with Crippen molar-refractivity contribution in [2.75, 3.05) is 13.2 Å². The van der Waals surface area contributed by atoms with Crippen molar-refractivity contribution in [2.45, 2.75) is 39.0 Å². The van der Waals surface area contributed by atoms with Crippen LogP contribution in [0.4, 0.5) is 0 Å². The van der Waals surface area contributed by atoms with Crippen LogP contribution in [0.25, 0.3) is 10.2 Å². The van der Waals surface area contributed by atoms with Crippen molar-refractivity contribution in [3.8, 4) is 0 Å². The molecule has 0 saturated heterocycles. The molecule has 3 N–H and O–H groups in total. The Labute approximate surface area is 141 Å². The number of amides is 1. The van der Waals surface area contributed by atoms with Crippen LogP contribution in [0.2, 0.25) is 0 Å². The Morgan fingerprint density at radius 2 is 2.21 bits per heavy atom. The number of aromatic nitrogens is 2. The lowest BCUT2D eigenvalue weighted by molar-refractivity contribution is -0.121. The first-order valence-corrected chi connectivity index (χ1v) is 8.43. The van der Waals surface area contributed by atoms with Crippen molar-refractivity contribution in [2.24, 2.45) is 0 Å². The maximum atomic E-state index is 12.8. The van der Waals surface area contributed by atoms with E-state index < -0.39 is 17.2 Å². The predicted octanol–water partition coefficient (Wildman–Crippen LogP) is -0.289. The normalized spacial score (nSPS) is 16.1. The quantitative estimate of drug-likeness (QED) is 0.699. The fourth-order valence-electron chi connectivity index (χ4n) is 2.80. The smallest absolute Gasteiger partial charge is 0.329 e. The second-order valence-corrected chi connectivity index (χ2v) is 7.43. The summed E-state index contributed by atoms with van der Waals surface area (Å²) >= 11 is 1.34. The number of fused-ring (bicyclic) bond motifs is 3. The average molecular weight is 353 g/mol. The van der Waals surface area contributed by atoms with Gasteiger partial charge in [0.15, 0.2) is 0 Å². The molecular formula is C15H19N3O5S.